The molecule has 0 atom stereocenters. The van der Waals surface area contributed by atoms with Crippen molar-refractivity contribution in [3.63, 3.8) is 0 Å². The third kappa shape index (κ3) is 6.61. The van der Waals surface area contributed by atoms with Gasteiger partial charge in [-0.1, -0.05) is 29.8 Å². The summed E-state index contributed by atoms with van der Waals surface area (Å²) in [6.07, 6.45) is 3.34. The molecule has 0 bridgehead atoms. The number of nitrogens with zero attached hydrogens (tertiary/aromatic N) is 1. The lowest BCUT2D eigenvalue weighted by Gasteiger charge is -2.26. The van der Waals surface area contributed by atoms with Gasteiger partial charge < -0.3 is 19.7 Å². The predicted molar refractivity (Wildman–Crippen MR) is 131 cm³/mol. The van der Waals surface area contributed by atoms with Crippen LogP contribution in [0.1, 0.15) is 40.7 Å². The molecule has 176 valence electrons. The van der Waals surface area contributed by atoms with Gasteiger partial charge in [0.2, 0.25) is 0 Å². The third-order valence-electron chi connectivity index (χ3n) is 5.78. The first-order valence-electron chi connectivity index (χ1n) is 11.7. The average Bonchev–Trinajstić information content (AvgIpc) is 2.89. The highest BCUT2D eigenvalue weighted by molar-refractivity contribution is 5.94. The summed E-state index contributed by atoms with van der Waals surface area (Å²) in [4.78, 5) is 26.7. The Morgan fingerprint density at radius 2 is 1.38 bits per heavy atom. The van der Waals surface area contributed by atoms with Crippen molar-refractivity contribution < 1.29 is 19.1 Å². The molecule has 3 aromatic rings. The summed E-state index contributed by atoms with van der Waals surface area (Å²) in [5.74, 6) is 1.92. The predicted octanol–water partition coefficient (Wildman–Crippen LogP) is 5.11. The van der Waals surface area contributed by atoms with E-state index in [0.29, 0.717) is 23.6 Å². The molecule has 1 N–H and O–H groups in total. The number of ether oxygens (including phenoxy) is 2. The smallest absolute Gasteiger partial charge is 0.258 e. The number of carbonyl (C=O) groups excluding carboxylic acids is 2. The topological polar surface area (TPSA) is 67.9 Å². The van der Waals surface area contributed by atoms with E-state index in [1.54, 1.807) is 24.3 Å². The van der Waals surface area contributed by atoms with Gasteiger partial charge in [-0.25, -0.2) is 0 Å². The molecular weight excluding hydrogens is 428 g/mol. The van der Waals surface area contributed by atoms with Gasteiger partial charge in [0, 0.05) is 25.2 Å². The summed E-state index contributed by atoms with van der Waals surface area (Å²) in [6, 6.07) is 22.4. The quantitative estimate of drug-likeness (QED) is 0.509. The zero-order valence-electron chi connectivity index (χ0n) is 19.5. The molecule has 0 radical (unpaired) electrons. The van der Waals surface area contributed by atoms with Crippen LogP contribution in [-0.2, 0) is 11.3 Å². The van der Waals surface area contributed by atoms with Gasteiger partial charge in [0.15, 0.2) is 6.61 Å². The van der Waals surface area contributed by atoms with Crippen molar-refractivity contribution in [2.45, 2.75) is 32.7 Å². The van der Waals surface area contributed by atoms with Gasteiger partial charge in [-0.2, -0.15) is 0 Å². The fourth-order valence-electron chi connectivity index (χ4n) is 3.79. The number of piperidine rings is 1. The summed E-state index contributed by atoms with van der Waals surface area (Å²) < 4.78 is 11.4. The van der Waals surface area contributed by atoms with Crippen molar-refractivity contribution >= 4 is 11.8 Å². The standard InChI is InChI=1S/C28H30N2O4/c1-21-5-11-25(12-6-21)34-26-15-13-24(14-16-26)33-20-27(31)29-19-22-7-9-23(10-8-22)28(32)30-17-3-2-4-18-30/h5-16H,2-4,17-20H2,1H3,(H,29,31). The van der Waals surface area contributed by atoms with Crippen molar-refractivity contribution in [2.24, 2.45) is 0 Å². The van der Waals surface area contributed by atoms with Gasteiger partial charge in [-0.15, -0.1) is 0 Å². The third-order valence-corrected chi connectivity index (χ3v) is 5.78. The molecule has 0 aromatic heterocycles. The van der Waals surface area contributed by atoms with Crippen LogP contribution in [0.5, 0.6) is 17.2 Å². The molecule has 34 heavy (non-hydrogen) atoms. The molecule has 1 fully saturated rings. The molecule has 1 aliphatic rings. The first-order valence-corrected chi connectivity index (χ1v) is 11.7. The number of rotatable bonds is 8. The second kappa shape index (κ2) is 11.4. The van der Waals surface area contributed by atoms with E-state index < -0.39 is 0 Å². The lowest BCUT2D eigenvalue weighted by atomic mass is 10.1. The van der Waals surface area contributed by atoms with E-state index >= 15 is 0 Å². The number of nitrogens with one attached hydrogen (secondary N) is 1. The lowest BCUT2D eigenvalue weighted by Crippen LogP contribution is -2.35. The van der Waals surface area contributed by atoms with Gasteiger partial charge >= 0.3 is 0 Å². The Hall–Kier alpha value is -3.80. The minimum Gasteiger partial charge on any atom is -0.484 e. The van der Waals surface area contributed by atoms with Crippen LogP contribution in [0.15, 0.2) is 72.8 Å². The minimum atomic E-state index is -0.214. The second-order valence-corrected chi connectivity index (χ2v) is 8.50. The first kappa shape index (κ1) is 23.4. The number of likely N-dealkylation sites (tertiary alicyclic amines) is 1. The van der Waals surface area contributed by atoms with E-state index in [-0.39, 0.29) is 18.4 Å². The van der Waals surface area contributed by atoms with Gasteiger partial charge in [-0.3, -0.25) is 9.59 Å². The van der Waals surface area contributed by atoms with E-state index in [0.717, 1.165) is 37.2 Å². The number of hydrogen-bond acceptors (Lipinski definition) is 4. The van der Waals surface area contributed by atoms with Crippen molar-refractivity contribution in [1.82, 2.24) is 10.2 Å². The molecule has 6 nitrogen and oxygen atoms in total. The molecule has 3 aromatic carbocycles. The molecule has 0 saturated carbocycles. The fourth-order valence-corrected chi connectivity index (χ4v) is 3.79. The molecule has 4 rings (SSSR count). The van der Waals surface area contributed by atoms with Crippen molar-refractivity contribution in [1.29, 1.82) is 0 Å². The normalized spacial score (nSPS) is 13.3. The lowest BCUT2D eigenvalue weighted by molar-refractivity contribution is -0.123. The molecule has 0 spiro atoms. The largest absolute Gasteiger partial charge is 0.484 e. The zero-order chi connectivity index (χ0) is 23.8. The number of aryl methyl sites for hydroxylation is 1. The average molecular weight is 459 g/mol. The zero-order valence-corrected chi connectivity index (χ0v) is 19.5. The van der Waals surface area contributed by atoms with Gasteiger partial charge in [0.1, 0.15) is 17.2 Å². The number of hydrogen-bond donors (Lipinski definition) is 1. The Balaban J connectivity index is 1.19. The van der Waals surface area contributed by atoms with Gasteiger partial charge in [-0.05, 0) is 80.3 Å². The summed E-state index contributed by atoms with van der Waals surface area (Å²) in [7, 11) is 0. The van der Waals surface area contributed by atoms with Crippen LogP contribution in [0.3, 0.4) is 0 Å². The molecule has 6 heteroatoms. The van der Waals surface area contributed by atoms with E-state index in [1.807, 2.05) is 60.4 Å². The van der Waals surface area contributed by atoms with Crippen LogP contribution in [0.4, 0.5) is 0 Å². The van der Waals surface area contributed by atoms with Crippen LogP contribution < -0.4 is 14.8 Å². The Morgan fingerprint density at radius 3 is 2.03 bits per heavy atom. The van der Waals surface area contributed by atoms with Crippen LogP contribution in [0.2, 0.25) is 0 Å². The summed E-state index contributed by atoms with van der Waals surface area (Å²) >= 11 is 0. The summed E-state index contributed by atoms with van der Waals surface area (Å²) in [6.45, 7) is 3.99. The molecule has 0 unspecified atom stereocenters. The Morgan fingerprint density at radius 1 is 0.794 bits per heavy atom. The number of amides is 2. The Labute approximate surface area is 200 Å². The van der Waals surface area contributed by atoms with Crippen molar-refractivity contribution in [3.8, 4) is 17.2 Å². The maximum atomic E-state index is 12.6. The van der Waals surface area contributed by atoms with E-state index in [1.165, 1.54) is 12.0 Å². The summed E-state index contributed by atoms with van der Waals surface area (Å²) in [5.41, 5.74) is 2.80. The Kier molecular flexibility index (Phi) is 7.81. The maximum absolute atomic E-state index is 12.6. The minimum absolute atomic E-state index is 0.0797. The van der Waals surface area contributed by atoms with Crippen LogP contribution in [-0.4, -0.2) is 36.4 Å². The number of carbonyl (C=O) groups is 2. The fraction of sp³-hybridized carbons (Fsp3) is 0.286. The molecular formula is C28H30N2O4. The second-order valence-electron chi connectivity index (χ2n) is 8.50. The SMILES string of the molecule is Cc1ccc(Oc2ccc(OCC(=O)NCc3ccc(C(=O)N4CCCCC4)cc3)cc2)cc1. The van der Waals surface area contributed by atoms with Gasteiger partial charge in [0.25, 0.3) is 11.8 Å². The highest BCUT2D eigenvalue weighted by Gasteiger charge is 2.17. The molecule has 2 amide bonds. The van der Waals surface area contributed by atoms with E-state index in [2.05, 4.69) is 5.32 Å². The van der Waals surface area contributed by atoms with E-state index in [4.69, 9.17) is 9.47 Å². The van der Waals surface area contributed by atoms with Crippen LogP contribution in [0.25, 0.3) is 0 Å². The highest BCUT2D eigenvalue weighted by atomic mass is 16.5. The molecule has 0 aliphatic carbocycles. The van der Waals surface area contributed by atoms with Crippen LogP contribution >= 0.6 is 0 Å². The van der Waals surface area contributed by atoms with Crippen molar-refractivity contribution in [2.75, 3.05) is 19.7 Å². The highest BCUT2D eigenvalue weighted by Crippen LogP contribution is 2.24. The number of benzene rings is 3. The summed E-state index contributed by atoms with van der Waals surface area (Å²) in [5, 5.41) is 2.85. The van der Waals surface area contributed by atoms with E-state index in [9.17, 15) is 9.59 Å². The molecule has 1 saturated heterocycles. The monoisotopic (exact) mass is 458 g/mol. The molecule has 1 heterocycles. The Bertz CT molecular complexity index is 1090. The first-order chi connectivity index (χ1) is 16.6. The van der Waals surface area contributed by atoms with Gasteiger partial charge in [0.05, 0.1) is 0 Å². The van der Waals surface area contributed by atoms with Crippen LogP contribution in [0, 0.1) is 6.92 Å². The maximum Gasteiger partial charge on any atom is 0.258 e. The van der Waals surface area contributed by atoms with Crippen molar-refractivity contribution in [3.05, 3.63) is 89.5 Å². The molecule has 1 aliphatic heterocycles.